The maximum absolute atomic E-state index is 11.5. The Morgan fingerprint density at radius 2 is 1.70 bits per heavy atom. The Hall–Kier alpha value is -3.96. The Morgan fingerprint density at radius 1 is 0.955 bits per heavy atom. The average molecular weight is 636 g/mol. The third-order valence-electron chi connectivity index (χ3n) is 7.93. The molecule has 2 aliphatic heterocycles. The number of pyridine rings is 1. The van der Waals surface area contributed by atoms with Crippen molar-refractivity contribution in [1.29, 1.82) is 0 Å². The average Bonchev–Trinajstić information content (AvgIpc) is 3.66. The summed E-state index contributed by atoms with van der Waals surface area (Å²) in [6.45, 7) is 1.98. The molecule has 0 saturated carbocycles. The van der Waals surface area contributed by atoms with Crippen molar-refractivity contribution in [2.45, 2.75) is 45.1 Å². The van der Waals surface area contributed by atoms with E-state index in [1.165, 1.54) is 0 Å². The van der Waals surface area contributed by atoms with E-state index < -0.39 is 0 Å². The number of carbonyl (C=O) groups excluding carboxylic acids is 1. The van der Waals surface area contributed by atoms with Crippen LogP contribution in [0.4, 0.5) is 5.69 Å². The number of anilines is 1. The zero-order chi connectivity index (χ0) is 30.8. The van der Waals surface area contributed by atoms with Gasteiger partial charge in [-0.05, 0) is 18.6 Å². The molecule has 228 valence electrons. The van der Waals surface area contributed by atoms with E-state index in [4.69, 9.17) is 37.7 Å². The molecule has 0 unspecified atom stereocenters. The number of halogens is 2. The van der Waals surface area contributed by atoms with Crippen LogP contribution in [0.2, 0.25) is 10.0 Å². The van der Waals surface area contributed by atoms with Crippen molar-refractivity contribution >= 4 is 34.8 Å². The lowest BCUT2D eigenvalue weighted by atomic mass is 10.00. The molecule has 0 radical (unpaired) electrons. The summed E-state index contributed by atoms with van der Waals surface area (Å²) in [6, 6.07) is 15.7. The van der Waals surface area contributed by atoms with Crippen molar-refractivity contribution < 1.29 is 19.4 Å². The SMILES string of the molecule is COc1nc(-c2cccc(-c3cccc(N4Cc5nc(CO)nc(OC)c5C4)c3Cl)c2Cl)ccc1CNC[C@@H]1CCC(=O)N1. The number of benzene rings is 2. The number of hydrogen-bond donors (Lipinski definition) is 3. The predicted molar refractivity (Wildman–Crippen MR) is 169 cm³/mol. The fourth-order valence-electron chi connectivity index (χ4n) is 5.74. The molecule has 1 saturated heterocycles. The molecular weight excluding hydrogens is 603 g/mol. The third-order valence-corrected chi connectivity index (χ3v) is 8.74. The standard InChI is InChI=1S/C32H32Cl2N6O4/c1-43-31-18(13-35-14-19-10-12-28(42)36-19)9-11-24(38-31)22-7-3-5-20(29(22)33)21-6-4-8-26(30(21)34)40-15-23-25(16-40)37-27(17-41)39-32(23)44-2/h3-9,11,19,35,41H,10,12-17H2,1-2H3,(H,36,42)/t19-/m0/s1. The number of nitrogens with zero attached hydrogens (tertiary/aromatic N) is 4. The number of methoxy groups -OCH3 is 2. The van der Waals surface area contributed by atoms with Crippen LogP contribution in [0.3, 0.4) is 0 Å². The van der Waals surface area contributed by atoms with Crippen molar-refractivity contribution in [3.63, 3.8) is 0 Å². The predicted octanol–water partition coefficient (Wildman–Crippen LogP) is 4.91. The number of nitrogens with one attached hydrogen (secondary N) is 2. The van der Waals surface area contributed by atoms with E-state index in [9.17, 15) is 9.90 Å². The van der Waals surface area contributed by atoms with Crippen LogP contribution in [0.25, 0.3) is 22.4 Å². The molecule has 2 aliphatic rings. The van der Waals surface area contributed by atoms with Gasteiger partial charge >= 0.3 is 0 Å². The molecule has 6 rings (SSSR count). The topological polar surface area (TPSA) is 122 Å². The zero-order valence-electron chi connectivity index (χ0n) is 24.4. The first-order valence-corrected chi connectivity index (χ1v) is 15.1. The van der Waals surface area contributed by atoms with E-state index in [2.05, 4.69) is 25.5 Å². The highest BCUT2D eigenvalue weighted by atomic mass is 35.5. The lowest BCUT2D eigenvalue weighted by Gasteiger charge is -2.21. The summed E-state index contributed by atoms with van der Waals surface area (Å²) in [7, 11) is 3.15. The van der Waals surface area contributed by atoms with Gasteiger partial charge in [0.2, 0.25) is 17.7 Å². The van der Waals surface area contributed by atoms with Gasteiger partial charge in [-0.2, -0.15) is 4.98 Å². The quantitative estimate of drug-likeness (QED) is 0.223. The van der Waals surface area contributed by atoms with Gasteiger partial charge in [-0.15, -0.1) is 0 Å². The smallest absolute Gasteiger partial charge is 0.221 e. The highest BCUT2D eigenvalue weighted by molar-refractivity contribution is 6.39. The van der Waals surface area contributed by atoms with Crippen LogP contribution in [0, 0.1) is 0 Å². The van der Waals surface area contributed by atoms with Crippen molar-refractivity contribution in [1.82, 2.24) is 25.6 Å². The van der Waals surface area contributed by atoms with Crippen LogP contribution >= 0.6 is 23.2 Å². The molecule has 2 aromatic heterocycles. The maximum Gasteiger partial charge on any atom is 0.221 e. The van der Waals surface area contributed by atoms with Gasteiger partial charge in [0.15, 0.2) is 5.82 Å². The van der Waals surface area contributed by atoms with E-state index in [0.717, 1.165) is 45.6 Å². The summed E-state index contributed by atoms with van der Waals surface area (Å²) in [5, 5.41) is 17.0. The Kier molecular flexibility index (Phi) is 8.86. The number of hydrogen-bond acceptors (Lipinski definition) is 9. The Bertz CT molecular complexity index is 1720. The Morgan fingerprint density at radius 3 is 2.43 bits per heavy atom. The minimum Gasteiger partial charge on any atom is -0.481 e. The van der Waals surface area contributed by atoms with E-state index in [1.54, 1.807) is 14.2 Å². The van der Waals surface area contributed by atoms with Crippen LogP contribution in [0.5, 0.6) is 11.8 Å². The molecule has 1 atom stereocenters. The van der Waals surface area contributed by atoms with E-state index in [1.807, 2.05) is 48.5 Å². The molecule has 10 nitrogen and oxygen atoms in total. The number of amides is 1. The number of ether oxygens (including phenoxy) is 2. The Labute approximate surface area is 265 Å². The second-order valence-electron chi connectivity index (χ2n) is 10.7. The van der Waals surface area contributed by atoms with E-state index in [-0.39, 0.29) is 18.6 Å². The van der Waals surface area contributed by atoms with Crippen LogP contribution in [0.15, 0.2) is 48.5 Å². The van der Waals surface area contributed by atoms with Crippen LogP contribution in [0.1, 0.15) is 35.5 Å². The zero-order valence-corrected chi connectivity index (χ0v) is 25.9. The molecule has 3 N–H and O–H groups in total. The van der Waals surface area contributed by atoms with Crippen LogP contribution < -0.4 is 25.0 Å². The monoisotopic (exact) mass is 634 g/mol. The lowest BCUT2D eigenvalue weighted by molar-refractivity contribution is -0.119. The molecule has 1 fully saturated rings. The van der Waals surface area contributed by atoms with Gasteiger partial charge in [0.05, 0.1) is 60.0 Å². The molecule has 44 heavy (non-hydrogen) atoms. The summed E-state index contributed by atoms with van der Waals surface area (Å²) < 4.78 is 11.1. The molecular formula is C32H32Cl2N6O4. The fourth-order valence-corrected chi connectivity index (χ4v) is 6.41. The summed E-state index contributed by atoms with van der Waals surface area (Å²) in [4.78, 5) is 27.2. The normalized spacial score (nSPS) is 15.8. The summed E-state index contributed by atoms with van der Waals surface area (Å²) in [6.07, 6.45) is 1.41. The first-order valence-electron chi connectivity index (χ1n) is 14.3. The highest BCUT2D eigenvalue weighted by Gasteiger charge is 2.28. The number of carbonyl (C=O) groups is 1. The largest absolute Gasteiger partial charge is 0.481 e. The van der Waals surface area contributed by atoms with Crippen LogP contribution in [-0.2, 0) is 31.0 Å². The first kappa shape index (κ1) is 30.1. The molecule has 0 aliphatic carbocycles. The molecule has 2 aromatic carbocycles. The molecule has 0 bridgehead atoms. The van der Waals surface area contributed by atoms with Crippen molar-refractivity contribution in [3.8, 4) is 34.1 Å². The Balaban J connectivity index is 1.25. The molecule has 4 aromatic rings. The number of rotatable bonds is 10. The number of fused-ring (bicyclic) bond motifs is 1. The lowest BCUT2D eigenvalue weighted by Crippen LogP contribution is -2.35. The van der Waals surface area contributed by atoms with Crippen molar-refractivity contribution in [2.75, 3.05) is 25.7 Å². The van der Waals surface area contributed by atoms with Crippen molar-refractivity contribution in [3.05, 3.63) is 81.2 Å². The van der Waals surface area contributed by atoms with Gasteiger partial charge in [-0.3, -0.25) is 4.79 Å². The van der Waals surface area contributed by atoms with Gasteiger partial charge in [0.25, 0.3) is 0 Å². The molecule has 1 amide bonds. The summed E-state index contributed by atoms with van der Waals surface area (Å²) in [5.41, 5.74) is 6.38. The van der Waals surface area contributed by atoms with Crippen molar-refractivity contribution in [2.24, 2.45) is 0 Å². The minimum atomic E-state index is -0.267. The molecule has 0 spiro atoms. The summed E-state index contributed by atoms with van der Waals surface area (Å²) in [5.74, 6) is 1.38. The highest BCUT2D eigenvalue weighted by Crippen LogP contribution is 2.44. The van der Waals surface area contributed by atoms with Crippen LogP contribution in [-0.4, -0.2) is 52.8 Å². The van der Waals surface area contributed by atoms with E-state index in [0.29, 0.717) is 65.9 Å². The summed E-state index contributed by atoms with van der Waals surface area (Å²) >= 11 is 14.1. The number of aliphatic hydroxyl groups excluding tert-OH is 1. The third kappa shape index (κ3) is 5.90. The van der Waals surface area contributed by atoms with Gasteiger partial charge in [0, 0.05) is 47.8 Å². The molecule has 4 heterocycles. The number of aliphatic hydroxyl groups is 1. The molecule has 12 heteroatoms. The van der Waals surface area contributed by atoms with Gasteiger partial charge in [0.1, 0.15) is 6.61 Å². The van der Waals surface area contributed by atoms with E-state index >= 15 is 0 Å². The number of aromatic nitrogens is 3. The minimum absolute atomic E-state index is 0.0991. The van der Waals surface area contributed by atoms with Gasteiger partial charge in [-0.1, -0.05) is 59.6 Å². The second kappa shape index (κ2) is 13.0. The van der Waals surface area contributed by atoms with Gasteiger partial charge in [-0.25, -0.2) is 9.97 Å². The first-order chi connectivity index (χ1) is 21.4. The fraction of sp³-hybridized carbons (Fsp3) is 0.312. The van der Waals surface area contributed by atoms with Gasteiger partial charge < -0.3 is 30.1 Å². The maximum atomic E-state index is 11.5. The second-order valence-corrected chi connectivity index (χ2v) is 11.4.